The number of anilines is 1. The summed E-state index contributed by atoms with van der Waals surface area (Å²) in [4.78, 5) is 0.113. The number of nitrogens with one attached hydrogen (secondary N) is 1. The monoisotopic (exact) mass is 286 g/mol. The molecule has 19 heavy (non-hydrogen) atoms. The molecule has 0 radical (unpaired) electrons. The summed E-state index contributed by atoms with van der Waals surface area (Å²) >= 11 is 0. The van der Waals surface area contributed by atoms with Crippen LogP contribution in [0.2, 0.25) is 0 Å². The molecule has 1 rings (SSSR count). The molecule has 0 heterocycles. The maximum Gasteiger partial charge on any atom is 0.242 e. The van der Waals surface area contributed by atoms with Crippen LogP contribution in [0.3, 0.4) is 0 Å². The van der Waals surface area contributed by atoms with Crippen LogP contribution < -0.4 is 10.5 Å². The number of hydrogen-bond acceptors (Lipinski definition) is 4. The number of hydrogen-bond donors (Lipinski definition) is 2. The quantitative estimate of drug-likeness (QED) is 0.805. The Hall–Kier alpha value is -1.11. The topological polar surface area (TPSA) is 81.4 Å². The lowest BCUT2D eigenvalue weighted by atomic mass is 10.1. The third kappa shape index (κ3) is 3.92. The van der Waals surface area contributed by atoms with Crippen LogP contribution in [0, 0.1) is 13.8 Å². The van der Waals surface area contributed by atoms with Crippen molar-refractivity contribution in [3.8, 4) is 0 Å². The van der Waals surface area contributed by atoms with Crippen LogP contribution in [-0.4, -0.2) is 27.7 Å². The Morgan fingerprint density at radius 3 is 2.32 bits per heavy atom. The van der Waals surface area contributed by atoms with Crippen molar-refractivity contribution in [1.82, 2.24) is 4.72 Å². The summed E-state index contributed by atoms with van der Waals surface area (Å²) in [6, 6.07) is 3.26. The predicted octanol–water partition coefficient (Wildman–Crippen LogP) is 1.59. The van der Waals surface area contributed by atoms with Gasteiger partial charge in [-0.2, -0.15) is 0 Å². The summed E-state index contributed by atoms with van der Waals surface area (Å²) in [6.07, 6.45) is 0. The van der Waals surface area contributed by atoms with Crippen LogP contribution in [0.25, 0.3) is 0 Å². The number of methoxy groups -OCH3 is 1. The first-order valence-corrected chi connectivity index (χ1v) is 7.49. The largest absolute Gasteiger partial charge is 0.398 e. The van der Waals surface area contributed by atoms with E-state index < -0.39 is 15.6 Å². The molecule has 0 spiro atoms. The Morgan fingerprint density at radius 2 is 1.79 bits per heavy atom. The SMILES string of the molecule is COC(C)(C)CNS(=O)(=O)c1cc(C)c(C)cc1N. The summed E-state index contributed by atoms with van der Waals surface area (Å²) < 4.78 is 32.2. The molecule has 108 valence electrons. The van der Waals surface area contributed by atoms with E-state index in [-0.39, 0.29) is 17.1 Å². The smallest absolute Gasteiger partial charge is 0.242 e. The minimum atomic E-state index is -3.63. The number of ether oxygens (including phenoxy) is 1. The minimum Gasteiger partial charge on any atom is -0.398 e. The van der Waals surface area contributed by atoms with E-state index in [0.29, 0.717) is 0 Å². The predicted molar refractivity (Wildman–Crippen MR) is 76.6 cm³/mol. The maximum absolute atomic E-state index is 12.2. The van der Waals surface area contributed by atoms with Crippen LogP contribution in [0.5, 0.6) is 0 Å². The molecular weight excluding hydrogens is 264 g/mol. The summed E-state index contributed by atoms with van der Waals surface area (Å²) in [7, 11) is -2.09. The van der Waals surface area contributed by atoms with E-state index >= 15 is 0 Å². The molecular formula is C13H22N2O3S. The van der Waals surface area contributed by atoms with E-state index in [1.807, 2.05) is 13.8 Å². The van der Waals surface area contributed by atoms with Gasteiger partial charge in [0, 0.05) is 13.7 Å². The maximum atomic E-state index is 12.2. The van der Waals surface area contributed by atoms with Crippen LogP contribution in [-0.2, 0) is 14.8 Å². The number of nitrogens with two attached hydrogens (primary N) is 1. The summed E-state index contributed by atoms with van der Waals surface area (Å²) in [5.41, 5.74) is 7.34. The normalized spacial score (nSPS) is 12.7. The lowest BCUT2D eigenvalue weighted by molar-refractivity contribution is 0.0276. The standard InChI is InChI=1S/C13H22N2O3S/c1-9-6-11(14)12(7-10(9)2)19(16,17)15-8-13(3,4)18-5/h6-7,15H,8,14H2,1-5H3. The number of aryl methyl sites for hydroxylation is 2. The Balaban J connectivity index is 3.05. The van der Waals surface area contributed by atoms with Gasteiger partial charge in [-0.3, -0.25) is 0 Å². The Labute approximate surface area is 115 Å². The molecule has 1 aromatic rings. The Bertz CT molecular complexity index is 565. The van der Waals surface area contributed by atoms with Gasteiger partial charge in [-0.1, -0.05) is 0 Å². The van der Waals surface area contributed by atoms with Crippen LogP contribution in [0.1, 0.15) is 25.0 Å². The highest BCUT2D eigenvalue weighted by molar-refractivity contribution is 7.89. The summed E-state index contributed by atoms with van der Waals surface area (Å²) in [6.45, 7) is 7.53. The van der Waals surface area contributed by atoms with Crippen molar-refractivity contribution < 1.29 is 13.2 Å². The van der Waals surface area contributed by atoms with Crippen molar-refractivity contribution in [1.29, 1.82) is 0 Å². The van der Waals surface area contributed by atoms with Crippen molar-refractivity contribution in [2.24, 2.45) is 0 Å². The molecule has 0 aliphatic carbocycles. The molecule has 0 aliphatic heterocycles. The molecule has 0 aliphatic rings. The average molecular weight is 286 g/mol. The van der Waals surface area contributed by atoms with E-state index in [9.17, 15) is 8.42 Å². The van der Waals surface area contributed by atoms with Crippen LogP contribution >= 0.6 is 0 Å². The fourth-order valence-corrected chi connectivity index (χ4v) is 2.86. The Kier molecular flexibility index (Phi) is 4.60. The third-order valence-corrected chi connectivity index (χ3v) is 4.61. The van der Waals surface area contributed by atoms with E-state index in [1.165, 1.54) is 0 Å². The highest BCUT2D eigenvalue weighted by Gasteiger charge is 2.23. The molecule has 0 atom stereocenters. The van der Waals surface area contributed by atoms with Gasteiger partial charge >= 0.3 is 0 Å². The van der Waals surface area contributed by atoms with Crippen molar-refractivity contribution in [2.45, 2.75) is 38.2 Å². The van der Waals surface area contributed by atoms with E-state index in [2.05, 4.69) is 4.72 Å². The zero-order valence-corrected chi connectivity index (χ0v) is 12.9. The van der Waals surface area contributed by atoms with E-state index in [0.717, 1.165) is 11.1 Å². The van der Waals surface area contributed by atoms with Crippen LogP contribution in [0.4, 0.5) is 5.69 Å². The molecule has 0 saturated heterocycles. The van der Waals surface area contributed by atoms with Gasteiger partial charge in [-0.25, -0.2) is 13.1 Å². The van der Waals surface area contributed by atoms with Gasteiger partial charge in [0.15, 0.2) is 0 Å². The summed E-state index contributed by atoms with van der Waals surface area (Å²) in [5, 5.41) is 0. The first-order valence-electron chi connectivity index (χ1n) is 6.00. The molecule has 0 unspecified atom stereocenters. The van der Waals surface area contributed by atoms with Crippen molar-refractivity contribution >= 4 is 15.7 Å². The van der Waals surface area contributed by atoms with Crippen molar-refractivity contribution in [3.63, 3.8) is 0 Å². The molecule has 6 heteroatoms. The lowest BCUT2D eigenvalue weighted by Crippen LogP contribution is -2.39. The number of sulfonamides is 1. The third-order valence-electron chi connectivity index (χ3n) is 3.16. The highest BCUT2D eigenvalue weighted by Crippen LogP contribution is 2.22. The zero-order chi connectivity index (χ0) is 14.8. The number of nitrogen functional groups attached to an aromatic ring is 1. The average Bonchev–Trinajstić information content (AvgIpc) is 2.31. The Morgan fingerprint density at radius 1 is 1.26 bits per heavy atom. The van der Waals surface area contributed by atoms with Gasteiger partial charge in [0.1, 0.15) is 4.90 Å². The molecule has 0 fully saturated rings. The number of rotatable bonds is 5. The zero-order valence-electron chi connectivity index (χ0n) is 12.1. The second-order valence-corrected chi connectivity index (χ2v) is 7.00. The van der Waals surface area contributed by atoms with Gasteiger partial charge in [-0.15, -0.1) is 0 Å². The first-order chi connectivity index (χ1) is 8.59. The minimum absolute atomic E-state index is 0.113. The van der Waals surface area contributed by atoms with Gasteiger partial charge < -0.3 is 10.5 Å². The molecule has 0 amide bonds. The molecule has 0 aromatic heterocycles. The fourth-order valence-electron chi connectivity index (χ4n) is 1.46. The number of benzene rings is 1. The van der Waals surface area contributed by atoms with Crippen LogP contribution in [0.15, 0.2) is 17.0 Å². The molecule has 0 saturated carbocycles. The van der Waals surface area contributed by atoms with Gasteiger partial charge in [0.05, 0.1) is 11.3 Å². The second kappa shape index (κ2) is 5.48. The first kappa shape index (κ1) is 15.9. The van der Waals surface area contributed by atoms with Gasteiger partial charge in [0.2, 0.25) is 10.0 Å². The lowest BCUT2D eigenvalue weighted by Gasteiger charge is -2.23. The van der Waals surface area contributed by atoms with E-state index in [1.54, 1.807) is 33.1 Å². The highest BCUT2D eigenvalue weighted by atomic mass is 32.2. The molecule has 1 aromatic carbocycles. The van der Waals surface area contributed by atoms with Crippen molar-refractivity contribution in [3.05, 3.63) is 23.3 Å². The molecule has 3 N–H and O–H groups in total. The van der Waals surface area contributed by atoms with E-state index in [4.69, 9.17) is 10.5 Å². The summed E-state index contributed by atoms with van der Waals surface area (Å²) in [5.74, 6) is 0. The molecule has 5 nitrogen and oxygen atoms in total. The van der Waals surface area contributed by atoms with Gasteiger partial charge in [-0.05, 0) is 51.0 Å². The van der Waals surface area contributed by atoms with Crippen molar-refractivity contribution in [2.75, 3.05) is 19.4 Å². The second-order valence-electron chi connectivity index (χ2n) is 5.26. The fraction of sp³-hybridized carbons (Fsp3) is 0.538. The molecule has 0 bridgehead atoms. The van der Waals surface area contributed by atoms with Gasteiger partial charge in [0.25, 0.3) is 0 Å².